The zero-order valence-electron chi connectivity index (χ0n) is 14.6. The van der Waals surface area contributed by atoms with Crippen LogP contribution in [0.3, 0.4) is 0 Å². The second-order valence-electron chi connectivity index (χ2n) is 6.52. The number of nitrogens with one attached hydrogen (secondary N) is 1. The summed E-state index contributed by atoms with van der Waals surface area (Å²) in [5, 5.41) is 3.54. The zero-order chi connectivity index (χ0) is 17.9. The lowest BCUT2D eigenvalue weighted by Gasteiger charge is -2.23. The Morgan fingerprint density at radius 3 is 2.15 bits per heavy atom. The van der Waals surface area contributed by atoms with Crippen LogP contribution in [-0.2, 0) is 0 Å². The summed E-state index contributed by atoms with van der Waals surface area (Å²) in [6.07, 6.45) is 4.44. The van der Waals surface area contributed by atoms with Crippen molar-refractivity contribution in [3.05, 3.63) is 112 Å². The molecule has 1 nitrogen and oxygen atoms in total. The number of hydrogen-bond donors (Lipinski definition) is 1. The highest BCUT2D eigenvalue weighted by molar-refractivity contribution is 9.10. The zero-order valence-corrected chi connectivity index (χ0v) is 16.2. The summed E-state index contributed by atoms with van der Waals surface area (Å²) in [4.78, 5) is 0. The first-order valence-corrected chi connectivity index (χ1v) is 9.57. The van der Waals surface area contributed by atoms with Crippen LogP contribution in [0, 0.1) is 0 Å². The Hall–Kier alpha value is -2.58. The predicted molar refractivity (Wildman–Crippen MR) is 114 cm³/mol. The van der Waals surface area contributed by atoms with E-state index in [0.29, 0.717) is 0 Å². The second kappa shape index (κ2) is 7.35. The lowest BCUT2D eigenvalue weighted by Crippen LogP contribution is -2.18. The minimum Gasteiger partial charge on any atom is -0.380 e. The van der Waals surface area contributed by atoms with Gasteiger partial charge in [-0.15, -0.1) is 0 Å². The Bertz CT molecular complexity index is 969. The fourth-order valence-electron chi connectivity index (χ4n) is 3.36. The molecule has 3 aromatic carbocycles. The normalized spacial score (nSPS) is 16.5. The minimum absolute atomic E-state index is 0.204. The first kappa shape index (κ1) is 16.9. The van der Waals surface area contributed by atoms with Crippen LogP contribution in [0.15, 0.2) is 101 Å². The summed E-state index contributed by atoms with van der Waals surface area (Å²) in [6, 6.07) is 27.8. The molecule has 0 saturated heterocycles. The van der Waals surface area contributed by atoms with Crippen molar-refractivity contribution in [3.8, 4) is 11.1 Å². The van der Waals surface area contributed by atoms with E-state index < -0.39 is 0 Å². The van der Waals surface area contributed by atoms with E-state index in [1.165, 1.54) is 33.4 Å². The minimum atomic E-state index is 0.204. The molecule has 0 bridgehead atoms. The molecule has 4 rings (SSSR count). The molecule has 1 aliphatic rings. The number of benzene rings is 3. The molecule has 0 radical (unpaired) electrons. The Morgan fingerprint density at radius 1 is 0.769 bits per heavy atom. The number of hydrogen-bond acceptors (Lipinski definition) is 1. The molecule has 2 heteroatoms. The second-order valence-corrected chi connectivity index (χ2v) is 7.37. The Morgan fingerprint density at radius 2 is 1.46 bits per heavy atom. The van der Waals surface area contributed by atoms with Crippen LogP contribution in [0.25, 0.3) is 16.7 Å². The van der Waals surface area contributed by atoms with Gasteiger partial charge in [0.2, 0.25) is 0 Å². The molecule has 0 aromatic heterocycles. The van der Waals surface area contributed by atoms with Crippen molar-refractivity contribution in [3.63, 3.8) is 0 Å². The molecule has 1 heterocycles. The van der Waals surface area contributed by atoms with Gasteiger partial charge in [-0.2, -0.15) is 0 Å². The quantitative estimate of drug-likeness (QED) is 0.511. The monoisotopic (exact) mass is 401 g/mol. The fourth-order valence-corrected chi connectivity index (χ4v) is 3.88. The number of halogens is 1. The highest BCUT2D eigenvalue weighted by atomic mass is 79.9. The van der Waals surface area contributed by atoms with Crippen LogP contribution in [0.5, 0.6) is 0 Å². The van der Waals surface area contributed by atoms with E-state index in [9.17, 15) is 0 Å². The van der Waals surface area contributed by atoms with Crippen molar-refractivity contribution in [1.82, 2.24) is 5.32 Å². The van der Waals surface area contributed by atoms with Crippen molar-refractivity contribution >= 4 is 21.5 Å². The van der Waals surface area contributed by atoms with E-state index in [2.05, 4.69) is 113 Å². The van der Waals surface area contributed by atoms with Gasteiger partial charge in [0, 0.05) is 16.2 Å². The predicted octanol–water partition coefficient (Wildman–Crippen LogP) is 6.75. The fraction of sp³-hybridized carbons (Fsp3) is 0.0833. The summed E-state index contributed by atoms with van der Waals surface area (Å²) in [6.45, 7) is 2.18. The average molecular weight is 402 g/mol. The summed E-state index contributed by atoms with van der Waals surface area (Å²) < 4.78 is 1.12. The van der Waals surface area contributed by atoms with E-state index >= 15 is 0 Å². The molecule has 26 heavy (non-hydrogen) atoms. The number of rotatable bonds is 3. The van der Waals surface area contributed by atoms with E-state index in [1.807, 2.05) is 6.07 Å². The molecule has 1 aliphatic heterocycles. The lowest BCUT2D eigenvalue weighted by molar-refractivity contribution is 0.743. The van der Waals surface area contributed by atoms with Gasteiger partial charge in [-0.05, 0) is 40.8 Å². The molecule has 1 N–H and O–H groups in total. The van der Waals surface area contributed by atoms with Gasteiger partial charge in [0.25, 0.3) is 0 Å². The van der Waals surface area contributed by atoms with Crippen LogP contribution in [0.2, 0.25) is 0 Å². The molecule has 0 aliphatic carbocycles. The van der Waals surface area contributed by atoms with E-state index in [0.717, 1.165) is 4.47 Å². The number of dihydropyridines is 1. The topological polar surface area (TPSA) is 12.0 Å². The third kappa shape index (κ3) is 3.38. The van der Waals surface area contributed by atoms with Crippen molar-refractivity contribution in [2.24, 2.45) is 0 Å². The van der Waals surface area contributed by atoms with Gasteiger partial charge < -0.3 is 5.32 Å². The highest BCUT2D eigenvalue weighted by Gasteiger charge is 2.15. The lowest BCUT2D eigenvalue weighted by atomic mass is 9.93. The molecule has 0 saturated carbocycles. The SMILES string of the molecule is CC1=CC(c2ccc(-c3ccccc3Br)cc2)NC=C1c1ccccc1. The standard InChI is InChI=1S/C24H20BrN/c1-17-15-24(26-16-22(17)18-7-3-2-4-8-18)20-13-11-19(12-14-20)21-9-5-6-10-23(21)25/h2-16,24,26H,1H3. The molecular formula is C24H20BrN. The van der Waals surface area contributed by atoms with Crippen molar-refractivity contribution in [2.75, 3.05) is 0 Å². The summed E-state index contributed by atoms with van der Waals surface area (Å²) in [7, 11) is 0. The van der Waals surface area contributed by atoms with Gasteiger partial charge in [-0.25, -0.2) is 0 Å². The van der Waals surface area contributed by atoms with Crippen molar-refractivity contribution in [1.29, 1.82) is 0 Å². The van der Waals surface area contributed by atoms with Crippen LogP contribution in [0.1, 0.15) is 24.1 Å². The molecular weight excluding hydrogens is 382 g/mol. The van der Waals surface area contributed by atoms with Gasteiger partial charge in [-0.3, -0.25) is 0 Å². The number of allylic oxidation sites excluding steroid dienone is 2. The van der Waals surface area contributed by atoms with E-state index in [1.54, 1.807) is 0 Å². The Labute approximate surface area is 163 Å². The first-order valence-electron chi connectivity index (χ1n) is 8.78. The maximum absolute atomic E-state index is 3.64. The molecule has 1 atom stereocenters. The molecule has 128 valence electrons. The molecule has 0 fully saturated rings. The van der Waals surface area contributed by atoms with Crippen LogP contribution >= 0.6 is 15.9 Å². The Kier molecular flexibility index (Phi) is 4.77. The third-order valence-corrected chi connectivity index (χ3v) is 5.48. The van der Waals surface area contributed by atoms with E-state index in [4.69, 9.17) is 0 Å². The summed E-state index contributed by atoms with van der Waals surface area (Å²) >= 11 is 3.64. The van der Waals surface area contributed by atoms with Gasteiger partial charge >= 0.3 is 0 Å². The van der Waals surface area contributed by atoms with Gasteiger partial charge in [0.1, 0.15) is 0 Å². The van der Waals surface area contributed by atoms with Gasteiger partial charge in [0.05, 0.1) is 6.04 Å². The molecule has 0 spiro atoms. The van der Waals surface area contributed by atoms with Crippen LogP contribution < -0.4 is 5.32 Å². The maximum atomic E-state index is 3.64. The van der Waals surface area contributed by atoms with E-state index in [-0.39, 0.29) is 6.04 Å². The van der Waals surface area contributed by atoms with Gasteiger partial charge in [-0.1, -0.05) is 94.8 Å². The smallest absolute Gasteiger partial charge is 0.0698 e. The summed E-state index contributed by atoms with van der Waals surface area (Å²) in [5.41, 5.74) is 7.51. The van der Waals surface area contributed by atoms with Crippen LogP contribution in [-0.4, -0.2) is 0 Å². The molecule has 3 aromatic rings. The Balaban J connectivity index is 1.57. The third-order valence-electron chi connectivity index (χ3n) is 4.79. The molecule has 0 amide bonds. The van der Waals surface area contributed by atoms with Crippen LogP contribution in [0.4, 0.5) is 0 Å². The summed E-state index contributed by atoms with van der Waals surface area (Å²) in [5.74, 6) is 0. The van der Waals surface area contributed by atoms with Crippen molar-refractivity contribution < 1.29 is 0 Å². The molecule has 1 unspecified atom stereocenters. The largest absolute Gasteiger partial charge is 0.380 e. The maximum Gasteiger partial charge on any atom is 0.0698 e. The first-order chi connectivity index (χ1) is 12.7. The average Bonchev–Trinajstić information content (AvgIpc) is 2.69. The highest BCUT2D eigenvalue weighted by Crippen LogP contribution is 2.32. The van der Waals surface area contributed by atoms with Crippen molar-refractivity contribution in [2.45, 2.75) is 13.0 Å². The van der Waals surface area contributed by atoms with Gasteiger partial charge in [0.15, 0.2) is 0 Å².